The van der Waals surface area contributed by atoms with Gasteiger partial charge in [0, 0.05) is 42.9 Å². The van der Waals surface area contributed by atoms with E-state index >= 15 is 0 Å². The van der Waals surface area contributed by atoms with Crippen molar-refractivity contribution in [3.63, 3.8) is 0 Å². The van der Waals surface area contributed by atoms with Gasteiger partial charge in [0.2, 0.25) is 0 Å². The predicted octanol–water partition coefficient (Wildman–Crippen LogP) is 2.42. The van der Waals surface area contributed by atoms with Crippen LogP contribution in [-0.2, 0) is 4.74 Å². The number of aliphatic hydroxyl groups is 1. The van der Waals surface area contributed by atoms with E-state index in [1.165, 1.54) is 4.90 Å². The van der Waals surface area contributed by atoms with Crippen molar-refractivity contribution >= 4 is 41.7 Å². The van der Waals surface area contributed by atoms with Gasteiger partial charge in [0.15, 0.2) is 5.96 Å². The van der Waals surface area contributed by atoms with Gasteiger partial charge in [-0.3, -0.25) is 9.89 Å². The Morgan fingerprint density at radius 3 is 2.61 bits per heavy atom. The number of benzene rings is 1. The van der Waals surface area contributed by atoms with Crippen molar-refractivity contribution in [3.8, 4) is 0 Å². The van der Waals surface area contributed by atoms with Gasteiger partial charge in [0.25, 0.3) is 0 Å². The van der Waals surface area contributed by atoms with Crippen LogP contribution in [0.15, 0.2) is 40.2 Å². The molecule has 3 N–H and O–H groups in total. The number of rotatable bonds is 9. The molecule has 0 saturated carbocycles. The highest BCUT2D eigenvalue weighted by atomic mass is 127. The Balaban J connectivity index is 0.00000392. The van der Waals surface area contributed by atoms with Crippen molar-refractivity contribution in [1.82, 2.24) is 15.5 Å². The zero-order chi connectivity index (χ0) is 19.5. The molecule has 8 heteroatoms. The second-order valence-electron chi connectivity index (χ2n) is 7.20. The molecule has 0 amide bonds. The van der Waals surface area contributed by atoms with Crippen LogP contribution in [0, 0.1) is 0 Å². The second-order valence-corrected chi connectivity index (χ2v) is 8.71. The summed E-state index contributed by atoms with van der Waals surface area (Å²) < 4.78 is 5.37. The summed E-state index contributed by atoms with van der Waals surface area (Å²) in [5.41, 5.74) is -0.857. The summed E-state index contributed by atoms with van der Waals surface area (Å²) in [5, 5.41) is 17.8. The predicted molar refractivity (Wildman–Crippen MR) is 129 cm³/mol. The summed E-state index contributed by atoms with van der Waals surface area (Å²) in [6.07, 6.45) is 0. The average molecular weight is 522 g/mol. The number of nitrogens with one attached hydrogen (secondary N) is 2. The molecule has 1 aromatic rings. The molecule has 1 aliphatic rings. The molecule has 0 aliphatic carbocycles. The lowest BCUT2D eigenvalue weighted by Crippen LogP contribution is -2.48. The summed E-state index contributed by atoms with van der Waals surface area (Å²) in [4.78, 5) is 8.11. The van der Waals surface area contributed by atoms with E-state index in [4.69, 9.17) is 4.74 Å². The molecule has 6 nitrogen and oxygen atoms in total. The van der Waals surface area contributed by atoms with Gasteiger partial charge in [0.05, 0.1) is 25.4 Å². The van der Waals surface area contributed by atoms with Gasteiger partial charge in [-0.05, 0) is 26.0 Å². The third-order valence-corrected chi connectivity index (χ3v) is 5.34. The number of aliphatic imine (C=N–C) groups is 1. The fraction of sp³-hybridized carbons (Fsp3) is 0.650. The maximum atomic E-state index is 10.7. The van der Waals surface area contributed by atoms with Crippen LogP contribution in [0.5, 0.6) is 0 Å². The fourth-order valence-electron chi connectivity index (χ4n) is 2.90. The Morgan fingerprint density at radius 1 is 1.29 bits per heavy atom. The molecule has 1 heterocycles. The van der Waals surface area contributed by atoms with E-state index in [2.05, 4.69) is 51.7 Å². The van der Waals surface area contributed by atoms with Crippen LogP contribution in [-0.4, -0.2) is 79.3 Å². The first kappa shape index (κ1) is 25.5. The Hall–Kier alpha value is -0.550. The largest absolute Gasteiger partial charge is 0.387 e. The molecule has 0 spiro atoms. The summed E-state index contributed by atoms with van der Waals surface area (Å²) in [7, 11) is 0. The molecule has 2 atom stereocenters. The summed E-state index contributed by atoms with van der Waals surface area (Å²) in [6.45, 7) is 11.9. The highest BCUT2D eigenvalue weighted by molar-refractivity contribution is 14.0. The minimum absolute atomic E-state index is 0. The number of morpholine rings is 1. The van der Waals surface area contributed by atoms with Gasteiger partial charge in [-0.15, -0.1) is 35.7 Å². The molecule has 1 aliphatic heterocycles. The first-order valence-corrected chi connectivity index (χ1v) is 10.6. The molecule has 1 saturated heterocycles. The maximum Gasteiger partial charge on any atom is 0.191 e. The van der Waals surface area contributed by atoms with Crippen molar-refractivity contribution in [1.29, 1.82) is 0 Å². The number of nitrogens with zero attached hydrogens (tertiary/aromatic N) is 2. The molecule has 0 radical (unpaired) electrons. The van der Waals surface area contributed by atoms with Crippen molar-refractivity contribution in [2.75, 3.05) is 52.5 Å². The lowest BCUT2D eigenvalue weighted by Gasteiger charge is -2.33. The van der Waals surface area contributed by atoms with Gasteiger partial charge in [-0.25, -0.2) is 0 Å². The number of hydrogen-bond donors (Lipinski definition) is 3. The van der Waals surface area contributed by atoms with Gasteiger partial charge in [-0.1, -0.05) is 25.1 Å². The standard InChI is InChI=1S/C20H34N4O2S.HI/c1-4-21-19(22-14-17(2)27-18-8-6-5-7-9-18)23-15-20(3,25)16-24-10-12-26-13-11-24;/h5-9,17,25H,4,10-16H2,1-3H3,(H2,21,22,23);1H. The van der Waals surface area contributed by atoms with E-state index in [9.17, 15) is 5.11 Å². The quantitative estimate of drug-likeness (QED) is 0.200. The number of hydrogen-bond acceptors (Lipinski definition) is 5. The highest BCUT2D eigenvalue weighted by Gasteiger charge is 2.25. The molecular formula is C20H35IN4O2S. The molecule has 0 bridgehead atoms. The first-order chi connectivity index (χ1) is 13.0. The zero-order valence-corrected chi connectivity index (χ0v) is 20.3. The second kappa shape index (κ2) is 13.6. The van der Waals surface area contributed by atoms with Gasteiger partial charge >= 0.3 is 0 Å². The monoisotopic (exact) mass is 522 g/mol. The average Bonchev–Trinajstić information content (AvgIpc) is 2.65. The first-order valence-electron chi connectivity index (χ1n) is 9.75. The highest BCUT2D eigenvalue weighted by Crippen LogP contribution is 2.21. The van der Waals surface area contributed by atoms with Crippen LogP contribution >= 0.6 is 35.7 Å². The third kappa shape index (κ3) is 10.3. The van der Waals surface area contributed by atoms with Crippen LogP contribution in [0.1, 0.15) is 20.8 Å². The van der Waals surface area contributed by atoms with Gasteiger partial charge < -0.3 is 20.5 Å². The maximum absolute atomic E-state index is 10.7. The summed E-state index contributed by atoms with van der Waals surface area (Å²) in [5.74, 6) is 0.750. The Bertz CT molecular complexity index is 569. The van der Waals surface area contributed by atoms with Crippen molar-refractivity contribution in [2.45, 2.75) is 36.5 Å². The van der Waals surface area contributed by atoms with Crippen LogP contribution < -0.4 is 10.6 Å². The molecule has 1 fully saturated rings. The summed E-state index contributed by atoms with van der Waals surface area (Å²) >= 11 is 1.84. The smallest absolute Gasteiger partial charge is 0.191 e. The lowest BCUT2D eigenvalue weighted by atomic mass is 10.1. The fourth-order valence-corrected chi connectivity index (χ4v) is 3.84. The Labute approximate surface area is 190 Å². The van der Waals surface area contributed by atoms with Crippen molar-refractivity contribution in [2.24, 2.45) is 4.99 Å². The number of halogens is 1. The van der Waals surface area contributed by atoms with Crippen LogP contribution in [0.4, 0.5) is 0 Å². The molecular weight excluding hydrogens is 487 g/mol. The third-order valence-electron chi connectivity index (χ3n) is 4.23. The van der Waals surface area contributed by atoms with Gasteiger partial charge in [-0.2, -0.15) is 0 Å². The van der Waals surface area contributed by atoms with E-state index in [0.717, 1.165) is 45.4 Å². The Morgan fingerprint density at radius 2 is 1.96 bits per heavy atom. The van der Waals surface area contributed by atoms with Crippen molar-refractivity contribution < 1.29 is 9.84 Å². The van der Waals surface area contributed by atoms with E-state index in [0.29, 0.717) is 18.3 Å². The van der Waals surface area contributed by atoms with E-state index in [1.54, 1.807) is 0 Å². The van der Waals surface area contributed by atoms with Crippen molar-refractivity contribution in [3.05, 3.63) is 30.3 Å². The number of ether oxygens (including phenoxy) is 1. The molecule has 1 aromatic carbocycles. The van der Waals surface area contributed by atoms with E-state index < -0.39 is 5.60 Å². The summed E-state index contributed by atoms with van der Waals surface area (Å²) in [6, 6.07) is 10.4. The minimum Gasteiger partial charge on any atom is -0.387 e. The molecule has 0 aromatic heterocycles. The Kier molecular flexibility index (Phi) is 12.4. The normalized spacial score (nSPS) is 18.6. The van der Waals surface area contributed by atoms with E-state index in [1.807, 2.05) is 31.7 Å². The number of β-amino-alcohol motifs (C(OH)–C–C–N with tert-alkyl or cyclic N) is 1. The van der Waals surface area contributed by atoms with Crippen LogP contribution in [0.2, 0.25) is 0 Å². The number of thioether (sulfide) groups is 1. The zero-order valence-electron chi connectivity index (χ0n) is 17.2. The molecule has 2 unspecified atom stereocenters. The van der Waals surface area contributed by atoms with E-state index in [-0.39, 0.29) is 24.0 Å². The molecule has 160 valence electrons. The van der Waals surface area contributed by atoms with Gasteiger partial charge in [0.1, 0.15) is 0 Å². The topological polar surface area (TPSA) is 69.1 Å². The minimum atomic E-state index is -0.857. The SMILES string of the molecule is CCNC(=NCC(C)(O)CN1CCOCC1)NCC(C)Sc1ccccc1.I. The van der Waals surface area contributed by atoms with Crippen LogP contribution in [0.3, 0.4) is 0 Å². The number of guanidine groups is 1. The molecule has 2 rings (SSSR count). The van der Waals surface area contributed by atoms with Crippen LogP contribution in [0.25, 0.3) is 0 Å². The molecule has 28 heavy (non-hydrogen) atoms. The lowest BCUT2D eigenvalue weighted by molar-refractivity contribution is -0.0179.